The van der Waals surface area contributed by atoms with Gasteiger partial charge in [0.25, 0.3) is 0 Å². The van der Waals surface area contributed by atoms with Crippen LogP contribution in [0.15, 0.2) is 30.3 Å². The quantitative estimate of drug-likeness (QED) is 0.625. The number of nitrogens with one attached hydrogen (secondary N) is 1. The summed E-state index contributed by atoms with van der Waals surface area (Å²) < 4.78 is 1.94. The number of hydrogen-bond acceptors (Lipinski definition) is 3. The van der Waals surface area contributed by atoms with Crippen LogP contribution in [0.4, 0.5) is 0 Å². The molecule has 1 unspecified atom stereocenters. The van der Waals surface area contributed by atoms with Crippen molar-refractivity contribution < 1.29 is 0 Å². The zero-order chi connectivity index (χ0) is 14.5. The summed E-state index contributed by atoms with van der Waals surface area (Å²) in [6.45, 7) is 4.12. The van der Waals surface area contributed by atoms with E-state index in [1.807, 2.05) is 18.7 Å². The van der Waals surface area contributed by atoms with Crippen LogP contribution in [-0.2, 0) is 19.9 Å². The Kier molecular flexibility index (Phi) is 4.93. The Labute approximate surface area is 121 Å². The summed E-state index contributed by atoms with van der Waals surface area (Å²) in [5, 5.41) is 4.37. The van der Waals surface area contributed by atoms with Crippen molar-refractivity contribution in [2.75, 3.05) is 0 Å². The second-order valence-electron chi connectivity index (χ2n) is 5.49. The molecule has 0 saturated heterocycles. The van der Waals surface area contributed by atoms with Crippen LogP contribution < -0.4 is 11.3 Å². The summed E-state index contributed by atoms with van der Waals surface area (Å²) in [6, 6.07) is 11.1. The molecular formula is C16H24N4. The summed E-state index contributed by atoms with van der Waals surface area (Å²) in [5.41, 5.74) is 7.85. The first-order valence-corrected chi connectivity index (χ1v) is 7.09. The van der Waals surface area contributed by atoms with Gasteiger partial charge in [-0.2, -0.15) is 5.10 Å². The van der Waals surface area contributed by atoms with Crippen LogP contribution in [0.1, 0.15) is 28.9 Å². The van der Waals surface area contributed by atoms with E-state index in [0.29, 0.717) is 0 Å². The standard InChI is InChI=1S/C16H24N4/c1-12-4-6-14(7-5-12)8-9-15(18-17)11-16-10-13(2)19-20(16)3/h4-7,10,15,18H,8-9,11,17H2,1-3H3. The Balaban J connectivity index is 1.92. The average molecular weight is 272 g/mol. The van der Waals surface area contributed by atoms with Crippen LogP contribution in [0.25, 0.3) is 0 Å². The largest absolute Gasteiger partial charge is 0.272 e. The molecule has 0 fully saturated rings. The van der Waals surface area contributed by atoms with Crippen LogP contribution in [0.2, 0.25) is 0 Å². The number of hydrazine groups is 1. The van der Waals surface area contributed by atoms with Gasteiger partial charge in [-0.05, 0) is 38.3 Å². The lowest BCUT2D eigenvalue weighted by atomic mass is 10.0. The van der Waals surface area contributed by atoms with Gasteiger partial charge in [0, 0.05) is 25.2 Å². The second-order valence-corrected chi connectivity index (χ2v) is 5.49. The highest BCUT2D eigenvalue weighted by atomic mass is 15.3. The summed E-state index contributed by atoms with van der Waals surface area (Å²) >= 11 is 0. The number of rotatable bonds is 6. The van der Waals surface area contributed by atoms with Crippen LogP contribution in [0.3, 0.4) is 0 Å². The fourth-order valence-corrected chi connectivity index (χ4v) is 2.45. The SMILES string of the molecule is Cc1ccc(CCC(Cc2cc(C)nn2C)NN)cc1. The molecule has 1 aromatic heterocycles. The van der Waals surface area contributed by atoms with Gasteiger partial charge in [-0.15, -0.1) is 0 Å². The minimum atomic E-state index is 0.270. The number of benzene rings is 1. The van der Waals surface area contributed by atoms with E-state index in [4.69, 9.17) is 5.84 Å². The molecule has 0 saturated carbocycles. The van der Waals surface area contributed by atoms with Crippen molar-refractivity contribution >= 4 is 0 Å². The molecule has 2 rings (SSSR count). The topological polar surface area (TPSA) is 55.9 Å². The van der Waals surface area contributed by atoms with E-state index in [0.717, 1.165) is 25.0 Å². The fraction of sp³-hybridized carbons (Fsp3) is 0.438. The van der Waals surface area contributed by atoms with Crippen molar-refractivity contribution in [2.24, 2.45) is 12.9 Å². The molecule has 4 heteroatoms. The molecule has 20 heavy (non-hydrogen) atoms. The van der Waals surface area contributed by atoms with Gasteiger partial charge in [-0.25, -0.2) is 0 Å². The van der Waals surface area contributed by atoms with E-state index in [1.165, 1.54) is 16.8 Å². The molecule has 0 amide bonds. The molecule has 2 aromatic rings. The lowest BCUT2D eigenvalue weighted by molar-refractivity contribution is 0.477. The van der Waals surface area contributed by atoms with Crippen molar-refractivity contribution in [3.05, 3.63) is 52.8 Å². The Bertz CT molecular complexity index is 542. The van der Waals surface area contributed by atoms with Crippen LogP contribution in [-0.4, -0.2) is 15.8 Å². The molecular weight excluding hydrogens is 248 g/mol. The summed E-state index contributed by atoms with van der Waals surface area (Å²) in [6.07, 6.45) is 2.95. The predicted octanol–water partition coefficient (Wildman–Crippen LogP) is 2.04. The third kappa shape index (κ3) is 3.92. The zero-order valence-electron chi connectivity index (χ0n) is 12.6. The summed E-state index contributed by atoms with van der Waals surface area (Å²) in [5.74, 6) is 5.69. The minimum Gasteiger partial charge on any atom is -0.272 e. The molecule has 0 bridgehead atoms. The highest BCUT2D eigenvalue weighted by Gasteiger charge is 2.11. The molecule has 1 aromatic carbocycles. The molecule has 0 aliphatic carbocycles. The maximum Gasteiger partial charge on any atom is 0.0596 e. The molecule has 1 heterocycles. The maximum absolute atomic E-state index is 5.69. The lowest BCUT2D eigenvalue weighted by Crippen LogP contribution is -2.37. The third-order valence-corrected chi connectivity index (χ3v) is 3.69. The highest BCUT2D eigenvalue weighted by molar-refractivity contribution is 5.21. The van der Waals surface area contributed by atoms with Crippen LogP contribution in [0, 0.1) is 13.8 Å². The van der Waals surface area contributed by atoms with Crippen molar-refractivity contribution in [1.29, 1.82) is 0 Å². The number of aromatic nitrogens is 2. The molecule has 3 N–H and O–H groups in total. The zero-order valence-corrected chi connectivity index (χ0v) is 12.6. The number of nitrogens with two attached hydrogens (primary N) is 1. The molecule has 0 spiro atoms. The number of hydrogen-bond donors (Lipinski definition) is 2. The highest BCUT2D eigenvalue weighted by Crippen LogP contribution is 2.11. The normalized spacial score (nSPS) is 12.6. The Morgan fingerprint density at radius 2 is 1.95 bits per heavy atom. The van der Waals surface area contributed by atoms with Gasteiger partial charge in [-0.3, -0.25) is 16.0 Å². The molecule has 4 nitrogen and oxygen atoms in total. The van der Waals surface area contributed by atoms with Crippen LogP contribution in [0.5, 0.6) is 0 Å². The predicted molar refractivity (Wildman–Crippen MR) is 82.3 cm³/mol. The van der Waals surface area contributed by atoms with Crippen molar-refractivity contribution in [2.45, 2.75) is 39.2 Å². The van der Waals surface area contributed by atoms with Gasteiger partial charge < -0.3 is 0 Å². The summed E-state index contributed by atoms with van der Waals surface area (Å²) in [7, 11) is 1.98. The number of aryl methyl sites for hydroxylation is 4. The van der Waals surface area contributed by atoms with E-state index in [-0.39, 0.29) is 6.04 Å². The third-order valence-electron chi connectivity index (χ3n) is 3.69. The van der Waals surface area contributed by atoms with Crippen molar-refractivity contribution in [3.8, 4) is 0 Å². The van der Waals surface area contributed by atoms with Crippen molar-refractivity contribution in [1.82, 2.24) is 15.2 Å². The first-order chi connectivity index (χ1) is 9.58. The van der Waals surface area contributed by atoms with E-state index < -0.39 is 0 Å². The van der Waals surface area contributed by atoms with E-state index in [1.54, 1.807) is 0 Å². The Morgan fingerprint density at radius 1 is 1.25 bits per heavy atom. The van der Waals surface area contributed by atoms with Gasteiger partial charge >= 0.3 is 0 Å². The molecule has 0 radical (unpaired) electrons. The molecule has 0 aliphatic rings. The smallest absolute Gasteiger partial charge is 0.0596 e. The van der Waals surface area contributed by atoms with Gasteiger partial charge in [0.05, 0.1) is 5.69 Å². The van der Waals surface area contributed by atoms with E-state index in [9.17, 15) is 0 Å². The minimum absolute atomic E-state index is 0.270. The lowest BCUT2D eigenvalue weighted by Gasteiger charge is -2.16. The van der Waals surface area contributed by atoms with Gasteiger partial charge in [0.2, 0.25) is 0 Å². The van der Waals surface area contributed by atoms with Crippen LogP contribution >= 0.6 is 0 Å². The average Bonchev–Trinajstić information content (AvgIpc) is 2.74. The number of nitrogens with zero attached hydrogens (tertiary/aromatic N) is 2. The second kappa shape index (κ2) is 6.68. The van der Waals surface area contributed by atoms with E-state index >= 15 is 0 Å². The van der Waals surface area contributed by atoms with Crippen molar-refractivity contribution in [3.63, 3.8) is 0 Å². The monoisotopic (exact) mass is 272 g/mol. The van der Waals surface area contributed by atoms with Gasteiger partial charge in [0.1, 0.15) is 0 Å². The first kappa shape index (κ1) is 14.8. The maximum atomic E-state index is 5.69. The van der Waals surface area contributed by atoms with Gasteiger partial charge in [0.15, 0.2) is 0 Å². The first-order valence-electron chi connectivity index (χ1n) is 7.09. The van der Waals surface area contributed by atoms with Gasteiger partial charge in [-0.1, -0.05) is 29.8 Å². The Morgan fingerprint density at radius 3 is 2.50 bits per heavy atom. The molecule has 1 atom stereocenters. The van der Waals surface area contributed by atoms with E-state index in [2.05, 4.69) is 47.8 Å². The molecule has 0 aliphatic heterocycles. The summed E-state index contributed by atoms with van der Waals surface area (Å²) in [4.78, 5) is 0. The fourth-order valence-electron chi connectivity index (χ4n) is 2.45. The Hall–Kier alpha value is -1.65. The molecule has 108 valence electrons.